The largest absolute Gasteiger partial charge is 0.465 e. The smallest absolute Gasteiger partial charge is 0.308 e. The summed E-state index contributed by atoms with van der Waals surface area (Å²) in [6.07, 6.45) is 1.91. The third-order valence-electron chi connectivity index (χ3n) is 1.90. The molecule has 1 amide bonds. The van der Waals surface area contributed by atoms with Crippen molar-refractivity contribution in [3.05, 3.63) is 12.7 Å². The molecular formula is C11H19NO3. The van der Waals surface area contributed by atoms with Gasteiger partial charge in [-0.05, 0) is 12.5 Å². The fraction of sp³-hybridized carbons (Fsp3) is 0.636. The normalized spacial score (nSPS) is 9.87. The summed E-state index contributed by atoms with van der Waals surface area (Å²) >= 11 is 0. The number of ether oxygens (including phenoxy) is 1. The van der Waals surface area contributed by atoms with Gasteiger partial charge in [-0.25, -0.2) is 0 Å². The maximum Gasteiger partial charge on any atom is 0.308 e. The molecular weight excluding hydrogens is 194 g/mol. The minimum Gasteiger partial charge on any atom is -0.465 e. The molecule has 0 saturated heterocycles. The second-order valence-electron chi connectivity index (χ2n) is 3.64. The number of hydrogen-bond acceptors (Lipinski definition) is 3. The number of amides is 1. The van der Waals surface area contributed by atoms with E-state index in [9.17, 15) is 9.59 Å². The van der Waals surface area contributed by atoms with Crippen molar-refractivity contribution in [2.24, 2.45) is 5.92 Å². The molecule has 0 saturated carbocycles. The summed E-state index contributed by atoms with van der Waals surface area (Å²) in [5.41, 5.74) is 0. The van der Waals surface area contributed by atoms with Crippen molar-refractivity contribution in [2.75, 3.05) is 20.2 Å². The topological polar surface area (TPSA) is 46.6 Å². The number of hydrogen-bond donors (Lipinski definition) is 0. The van der Waals surface area contributed by atoms with Crippen LogP contribution in [0.25, 0.3) is 0 Å². The average molecular weight is 213 g/mol. The van der Waals surface area contributed by atoms with Crippen LogP contribution in [0.5, 0.6) is 0 Å². The van der Waals surface area contributed by atoms with Crippen LogP contribution in [0, 0.1) is 5.92 Å². The minimum atomic E-state index is -0.201. The van der Waals surface area contributed by atoms with E-state index < -0.39 is 0 Å². The number of likely N-dealkylation sites (N-methyl/N-ethyl adjacent to an activating group) is 1. The molecule has 0 unspecified atom stereocenters. The van der Waals surface area contributed by atoms with E-state index in [1.165, 1.54) is 11.0 Å². The molecule has 0 atom stereocenters. The van der Waals surface area contributed by atoms with Gasteiger partial charge in [-0.1, -0.05) is 20.4 Å². The van der Waals surface area contributed by atoms with Gasteiger partial charge in [0, 0.05) is 13.6 Å². The predicted molar refractivity (Wildman–Crippen MR) is 58.2 cm³/mol. The molecule has 86 valence electrons. The Morgan fingerprint density at radius 1 is 1.47 bits per heavy atom. The van der Waals surface area contributed by atoms with Crippen LogP contribution < -0.4 is 0 Å². The molecule has 0 N–H and O–H groups in total. The zero-order valence-corrected chi connectivity index (χ0v) is 9.66. The van der Waals surface area contributed by atoms with E-state index >= 15 is 0 Å². The van der Waals surface area contributed by atoms with Crippen LogP contribution in [0.2, 0.25) is 0 Å². The Kier molecular flexibility index (Phi) is 6.42. The second kappa shape index (κ2) is 7.04. The van der Waals surface area contributed by atoms with E-state index in [2.05, 4.69) is 6.58 Å². The van der Waals surface area contributed by atoms with Gasteiger partial charge < -0.3 is 9.64 Å². The van der Waals surface area contributed by atoms with Crippen molar-refractivity contribution < 1.29 is 14.3 Å². The Balaban J connectivity index is 3.59. The standard InChI is InChI=1S/C11H19NO3/c1-5-10(13)12(4)7-6-8-15-11(14)9(2)3/h5,9H,1,6-8H2,2-4H3. The number of esters is 1. The lowest BCUT2D eigenvalue weighted by Crippen LogP contribution is -2.26. The summed E-state index contributed by atoms with van der Waals surface area (Å²) < 4.78 is 4.96. The van der Waals surface area contributed by atoms with Gasteiger partial charge in [0.15, 0.2) is 0 Å². The van der Waals surface area contributed by atoms with Crippen LogP contribution in [0.15, 0.2) is 12.7 Å². The van der Waals surface area contributed by atoms with Crippen LogP contribution in [0.1, 0.15) is 20.3 Å². The van der Waals surface area contributed by atoms with E-state index in [1.54, 1.807) is 20.9 Å². The van der Waals surface area contributed by atoms with Crippen molar-refractivity contribution >= 4 is 11.9 Å². The number of rotatable bonds is 6. The molecule has 0 aromatic carbocycles. The molecule has 0 fully saturated rings. The summed E-state index contributed by atoms with van der Waals surface area (Å²) in [6, 6.07) is 0. The lowest BCUT2D eigenvalue weighted by Gasteiger charge is -2.14. The highest BCUT2D eigenvalue weighted by molar-refractivity contribution is 5.86. The molecule has 0 aromatic rings. The second-order valence-corrected chi connectivity index (χ2v) is 3.64. The third-order valence-corrected chi connectivity index (χ3v) is 1.90. The summed E-state index contributed by atoms with van der Waals surface area (Å²) in [4.78, 5) is 23.6. The Labute approximate surface area is 90.9 Å². The molecule has 0 aliphatic heterocycles. The fourth-order valence-corrected chi connectivity index (χ4v) is 0.907. The number of carbonyl (C=O) groups excluding carboxylic acids is 2. The molecule has 4 nitrogen and oxygen atoms in total. The van der Waals surface area contributed by atoms with Gasteiger partial charge in [-0.3, -0.25) is 9.59 Å². The van der Waals surface area contributed by atoms with Gasteiger partial charge in [0.05, 0.1) is 12.5 Å². The molecule has 0 aliphatic carbocycles. The molecule has 0 spiro atoms. The molecule has 0 aromatic heterocycles. The summed E-state index contributed by atoms with van der Waals surface area (Å²) in [6.45, 7) is 7.88. The maximum absolute atomic E-state index is 11.1. The molecule has 0 aliphatic rings. The van der Waals surface area contributed by atoms with Crippen molar-refractivity contribution in [3.63, 3.8) is 0 Å². The van der Waals surface area contributed by atoms with E-state index in [-0.39, 0.29) is 17.8 Å². The van der Waals surface area contributed by atoms with Gasteiger partial charge in [-0.2, -0.15) is 0 Å². The van der Waals surface area contributed by atoms with Gasteiger partial charge in [0.2, 0.25) is 5.91 Å². The summed E-state index contributed by atoms with van der Waals surface area (Å²) in [5.74, 6) is -0.421. The van der Waals surface area contributed by atoms with Crippen molar-refractivity contribution in [1.82, 2.24) is 4.90 Å². The Morgan fingerprint density at radius 3 is 2.53 bits per heavy atom. The first-order chi connectivity index (χ1) is 6.99. The molecule has 0 rings (SSSR count). The molecule has 0 radical (unpaired) electrons. The predicted octanol–water partition coefficient (Wildman–Crippen LogP) is 1.22. The monoisotopic (exact) mass is 213 g/mol. The zero-order chi connectivity index (χ0) is 11.8. The molecule has 0 heterocycles. The van der Waals surface area contributed by atoms with Crippen molar-refractivity contribution in [1.29, 1.82) is 0 Å². The minimum absolute atomic E-state index is 0.0995. The number of nitrogens with zero attached hydrogens (tertiary/aromatic N) is 1. The molecule has 4 heteroatoms. The number of carbonyl (C=O) groups is 2. The first-order valence-corrected chi connectivity index (χ1v) is 5.03. The van der Waals surface area contributed by atoms with E-state index in [0.717, 1.165) is 0 Å². The maximum atomic E-state index is 11.1. The van der Waals surface area contributed by atoms with Gasteiger partial charge in [-0.15, -0.1) is 0 Å². The van der Waals surface area contributed by atoms with Gasteiger partial charge >= 0.3 is 5.97 Å². The van der Waals surface area contributed by atoms with Gasteiger partial charge in [0.25, 0.3) is 0 Å². The van der Waals surface area contributed by atoms with Crippen molar-refractivity contribution in [2.45, 2.75) is 20.3 Å². The highest BCUT2D eigenvalue weighted by Gasteiger charge is 2.08. The summed E-state index contributed by atoms with van der Waals surface area (Å²) in [5, 5.41) is 0. The fourth-order valence-electron chi connectivity index (χ4n) is 0.907. The highest BCUT2D eigenvalue weighted by atomic mass is 16.5. The molecule has 15 heavy (non-hydrogen) atoms. The van der Waals surface area contributed by atoms with E-state index in [0.29, 0.717) is 19.6 Å². The van der Waals surface area contributed by atoms with Crippen LogP contribution in [0.3, 0.4) is 0 Å². The SMILES string of the molecule is C=CC(=O)N(C)CCCOC(=O)C(C)C. The lowest BCUT2D eigenvalue weighted by atomic mass is 10.2. The Bertz CT molecular complexity index is 236. The first kappa shape index (κ1) is 13.7. The van der Waals surface area contributed by atoms with Crippen LogP contribution in [0.4, 0.5) is 0 Å². The summed E-state index contributed by atoms with van der Waals surface area (Å²) in [7, 11) is 1.69. The third kappa shape index (κ3) is 5.88. The first-order valence-electron chi connectivity index (χ1n) is 5.03. The van der Waals surface area contributed by atoms with Crippen LogP contribution >= 0.6 is 0 Å². The van der Waals surface area contributed by atoms with Gasteiger partial charge in [0.1, 0.15) is 0 Å². The lowest BCUT2D eigenvalue weighted by molar-refractivity contribution is -0.147. The zero-order valence-electron chi connectivity index (χ0n) is 9.66. The molecule has 0 bridgehead atoms. The van der Waals surface area contributed by atoms with E-state index in [4.69, 9.17) is 4.74 Å². The highest BCUT2D eigenvalue weighted by Crippen LogP contribution is 1.97. The Morgan fingerprint density at radius 2 is 2.07 bits per heavy atom. The Hall–Kier alpha value is -1.32. The quantitative estimate of drug-likeness (QED) is 0.378. The van der Waals surface area contributed by atoms with Crippen LogP contribution in [-0.2, 0) is 14.3 Å². The van der Waals surface area contributed by atoms with Crippen LogP contribution in [-0.4, -0.2) is 37.0 Å². The van der Waals surface area contributed by atoms with Crippen molar-refractivity contribution in [3.8, 4) is 0 Å². The van der Waals surface area contributed by atoms with E-state index in [1.807, 2.05) is 0 Å². The average Bonchev–Trinajstić information content (AvgIpc) is 2.22.